The van der Waals surface area contributed by atoms with E-state index in [0.717, 1.165) is 17.3 Å². The Labute approximate surface area is 87.7 Å². The fraction of sp³-hybridized carbons (Fsp3) is 1.00. The van der Waals surface area contributed by atoms with Crippen molar-refractivity contribution in [3.8, 4) is 0 Å². The van der Waals surface area contributed by atoms with Crippen LogP contribution in [0.2, 0.25) is 0 Å². The van der Waals surface area contributed by atoms with E-state index >= 15 is 0 Å². The van der Waals surface area contributed by atoms with Gasteiger partial charge in [-0.25, -0.2) is 0 Å². The number of rotatable bonds is 1. The van der Waals surface area contributed by atoms with E-state index in [4.69, 9.17) is 0 Å². The number of fused-ring (bicyclic) bond motifs is 2. The Morgan fingerprint density at radius 2 is 1.64 bits per heavy atom. The van der Waals surface area contributed by atoms with Crippen molar-refractivity contribution < 1.29 is 0 Å². The Hall–Kier alpha value is -0.0400. The second kappa shape index (κ2) is 3.52. The zero-order chi connectivity index (χ0) is 9.43. The molecule has 0 radical (unpaired) electrons. The lowest BCUT2D eigenvalue weighted by Crippen LogP contribution is -2.57. The average molecular weight is 193 g/mol. The fourth-order valence-electron chi connectivity index (χ4n) is 4.27. The molecular weight excluding hydrogens is 170 g/mol. The molecule has 4 rings (SSSR count). The molecule has 2 heterocycles. The summed E-state index contributed by atoms with van der Waals surface area (Å²) in [5.41, 5.74) is 0.771. The molecule has 0 atom stereocenters. The van der Waals surface area contributed by atoms with Gasteiger partial charge in [-0.1, -0.05) is 25.7 Å². The van der Waals surface area contributed by atoms with E-state index in [0.29, 0.717) is 0 Å². The Morgan fingerprint density at radius 3 is 2.21 bits per heavy atom. The van der Waals surface area contributed by atoms with Crippen LogP contribution in [0.1, 0.15) is 51.4 Å². The summed E-state index contributed by atoms with van der Waals surface area (Å²) >= 11 is 0. The zero-order valence-electron chi connectivity index (χ0n) is 9.23. The fourth-order valence-corrected chi connectivity index (χ4v) is 4.27. The van der Waals surface area contributed by atoms with Crippen molar-refractivity contribution in [2.24, 2.45) is 17.3 Å². The van der Waals surface area contributed by atoms with Crippen molar-refractivity contribution in [2.45, 2.75) is 51.4 Å². The molecule has 0 aromatic rings. The van der Waals surface area contributed by atoms with Crippen molar-refractivity contribution >= 4 is 0 Å². The SMILES string of the molecule is C1CCCC(C23CNCC(C2)C3)CC1. The van der Waals surface area contributed by atoms with E-state index in [9.17, 15) is 0 Å². The van der Waals surface area contributed by atoms with Gasteiger partial charge in [0.05, 0.1) is 0 Å². The summed E-state index contributed by atoms with van der Waals surface area (Å²) in [5, 5.41) is 3.64. The van der Waals surface area contributed by atoms with Crippen LogP contribution in [0.5, 0.6) is 0 Å². The average Bonchev–Trinajstić information content (AvgIpc) is 2.45. The normalized spacial score (nSPS) is 44.1. The molecule has 1 N–H and O–H groups in total. The van der Waals surface area contributed by atoms with Gasteiger partial charge in [0.2, 0.25) is 0 Å². The summed E-state index contributed by atoms with van der Waals surface area (Å²) in [4.78, 5) is 0. The van der Waals surface area contributed by atoms with Crippen molar-refractivity contribution in [2.75, 3.05) is 13.1 Å². The van der Waals surface area contributed by atoms with Gasteiger partial charge in [0.15, 0.2) is 0 Å². The number of piperidine rings is 2. The largest absolute Gasteiger partial charge is 0.316 e. The van der Waals surface area contributed by atoms with Gasteiger partial charge in [-0.05, 0) is 49.5 Å². The van der Waals surface area contributed by atoms with Gasteiger partial charge in [0.25, 0.3) is 0 Å². The lowest BCUT2D eigenvalue weighted by molar-refractivity contribution is -0.0458. The maximum atomic E-state index is 3.64. The van der Waals surface area contributed by atoms with Gasteiger partial charge in [0.1, 0.15) is 0 Å². The topological polar surface area (TPSA) is 12.0 Å². The monoisotopic (exact) mass is 193 g/mol. The van der Waals surface area contributed by atoms with Gasteiger partial charge in [-0.2, -0.15) is 0 Å². The van der Waals surface area contributed by atoms with E-state index in [2.05, 4.69) is 5.32 Å². The third-order valence-corrected chi connectivity index (χ3v) is 5.02. The summed E-state index contributed by atoms with van der Waals surface area (Å²) in [6.45, 7) is 2.66. The third kappa shape index (κ3) is 1.41. The smallest absolute Gasteiger partial charge is 0.00108 e. The van der Waals surface area contributed by atoms with Crippen LogP contribution in [0, 0.1) is 17.3 Å². The quantitative estimate of drug-likeness (QED) is 0.631. The molecule has 1 nitrogen and oxygen atoms in total. The van der Waals surface area contributed by atoms with Gasteiger partial charge < -0.3 is 5.32 Å². The van der Waals surface area contributed by atoms with E-state index < -0.39 is 0 Å². The summed E-state index contributed by atoms with van der Waals surface area (Å²) in [6, 6.07) is 0. The van der Waals surface area contributed by atoms with Gasteiger partial charge in [-0.15, -0.1) is 0 Å². The summed E-state index contributed by atoms with van der Waals surface area (Å²) in [7, 11) is 0. The molecule has 0 unspecified atom stereocenters. The van der Waals surface area contributed by atoms with Crippen LogP contribution in [0.25, 0.3) is 0 Å². The first-order valence-corrected chi connectivity index (χ1v) is 6.60. The zero-order valence-corrected chi connectivity index (χ0v) is 9.23. The lowest BCUT2D eigenvalue weighted by Gasteiger charge is -2.57. The van der Waals surface area contributed by atoms with E-state index in [1.54, 1.807) is 12.8 Å². The minimum Gasteiger partial charge on any atom is -0.316 e. The molecule has 0 amide bonds. The first kappa shape index (κ1) is 9.21. The van der Waals surface area contributed by atoms with Crippen LogP contribution in [0.4, 0.5) is 0 Å². The Kier molecular flexibility index (Phi) is 2.31. The maximum Gasteiger partial charge on any atom is 0.00108 e. The molecule has 2 saturated carbocycles. The van der Waals surface area contributed by atoms with E-state index in [1.165, 1.54) is 51.6 Å². The van der Waals surface area contributed by atoms with Crippen LogP contribution in [0.15, 0.2) is 0 Å². The van der Waals surface area contributed by atoms with Gasteiger partial charge in [-0.3, -0.25) is 0 Å². The highest BCUT2D eigenvalue weighted by atomic mass is 14.9. The Balaban J connectivity index is 1.68. The number of hydrogen-bond acceptors (Lipinski definition) is 1. The molecular formula is C13H23N. The number of hydrogen-bond donors (Lipinski definition) is 1. The van der Waals surface area contributed by atoms with Crippen LogP contribution < -0.4 is 5.32 Å². The molecule has 80 valence electrons. The second-order valence-corrected chi connectivity index (χ2v) is 5.96. The van der Waals surface area contributed by atoms with Gasteiger partial charge >= 0.3 is 0 Å². The van der Waals surface area contributed by atoms with Crippen LogP contribution in [-0.2, 0) is 0 Å². The summed E-state index contributed by atoms with van der Waals surface area (Å²) in [5.74, 6) is 2.13. The molecule has 4 fully saturated rings. The minimum absolute atomic E-state index is 0.771. The summed E-state index contributed by atoms with van der Waals surface area (Å²) < 4.78 is 0. The molecule has 2 aliphatic heterocycles. The lowest BCUT2D eigenvalue weighted by atomic mass is 9.52. The molecule has 0 spiro atoms. The standard InChI is InChI=1S/C13H23N/c1-2-4-6-12(5-3-1)13-7-11(8-13)9-14-10-13/h11-12,14H,1-10H2. The second-order valence-electron chi connectivity index (χ2n) is 5.96. The molecule has 0 aromatic heterocycles. The van der Waals surface area contributed by atoms with Crippen molar-refractivity contribution in [1.82, 2.24) is 5.32 Å². The Morgan fingerprint density at radius 1 is 0.929 bits per heavy atom. The van der Waals surface area contributed by atoms with Crippen LogP contribution >= 0.6 is 0 Å². The predicted octanol–water partition coefficient (Wildman–Crippen LogP) is 2.96. The van der Waals surface area contributed by atoms with E-state index in [1.807, 2.05) is 0 Å². The van der Waals surface area contributed by atoms with E-state index in [-0.39, 0.29) is 0 Å². The maximum absolute atomic E-state index is 3.64. The van der Waals surface area contributed by atoms with Crippen molar-refractivity contribution in [3.05, 3.63) is 0 Å². The molecule has 1 heteroatoms. The van der Waals surface area contributed by atoms with Crippen LogP contribution in [0.3, 0.4) is 0 Å². The molecule has 0 aromatic carbocycles. The molecule has 2 bridgehead atoms. The highest BCUT2D eigenvalue weighted by Crippen LogP contribution is 2.55. The molecule has 2 aliphatic carbocycles. The first-order valence-electron chi connectivity index (χ1n) is 6.60. The third-order valence-electron chi connectivity index (χ3n) is 5.02. The van der Waals surface area contributed by atoms with Crippen LogP contribution in [-0.4, -0.2) is 13.1 Å². The summed E-state index contributed by atoms with van der Waals surface area (Å²) in [6.07, 6.45) is 12.2. The molecule has 4 aliphatic rings. The first-order chi connectivity index (χ1) is 6.89. The highest BCUT2D eigenvalue weighted by Gasteiger charge is 2.51. The van der Waals surface area contributed by atoms with Crippen molar-refractivity contribution in [1.29, 1.82) is 0 Å². The Bertz CT molecular complexity index is 192. The number of nitrogens with one attached hydrogen (secondary N) is 1. The predicted molar refractivity (Wildman–Crippen MR) is 59.2 cm³/mol. The van der Waals surface area contributed by atoms with Gasteiger partial charge in [0, 0.05) is 6.54 Å². The molecule has 2 saturated heterocycles. The highest BCUT2D eigenvalue weighted by molar-refractivity contribution is 5.03. The minimum atomic E-state index is 0.771. The molecule has 14 heavy (non-hydrogen) atoms. The van der Waals surface area contributed by atoms with Crippen molar-refractivity contribution in [3.63, 3.8) is 0 Å².